The monoisotopic (exact) mass is 289 g/mol. The van der Waals surface area contributed by atoms with E-state index in [0.717, 1.165) is 24.2 Å². The van der Waals surface area contributed by atoms with E-state index in [-0.39, 0.29) is 9.77 Å². The number of carbonyl (C=O) groups is 1. The maximum atomic E-state index is 12.4. The van der Waals surface area contributed by atoms with E-state index in [2.05, 4.69) is 0 Å². The van der Waals surface area contributed by atoms with Crippen molar-refractivity contribution >= 4 is 27.3 Å². The summed E-state index contributed by atoms with van der Waals surface area (Å²) >= 11 is 0.944. The summed E-state index contributed by atoms with van der Waals surface area (Å²) in [5, 5.41) is 10.5. The van der Waals surface area contributed by atoms with Crippen LogP contribution in [-0.2, 0) is 10.0 Å². The Labute approximate surface area is 110 Å². The molecule has 18 heavy (non-hydrogen) atoms. The number of carboxylic acid groups (broad SMARTS) is 1. The molecule has 7 heteroatoms. The van der Waals surface area contributed by atoms with Crippen molar-refractivity contribution < 1.29 is 18.3 Å². The van der Waals surface area contributed by atoms with Crippen LogP contribution in [0.5, 0.6) is 0 Å². The Balaban J connectivity index is 2.36. The molecule has 0 unspecified atom stereocenters. The summed E-state index contributed by atoms with van der Waals surface area (Å²) in [4.78, 5) is 10.8. The molecule has 100 valence electrons. The third-order valence-electron chi connectivity index (χ3n) is 3.06. The van der Waals surface area contributed by atoms with Crippen molar-refractivity contribution in [3.63, 3.8) is 0 Å². The van der Waals surface area contributed by atoms with Gasteiger partial charge in [-0.1, -0.05) is 6.92 Å². The van der Waals surface area contributed by atoms with Crippen molar-refractivity contribution in [2.75, 3.05) is 13.1 Å². The number of carboxylic acids is 1. The molecule has 2 heterocycles. The summed E-state index contributed by atoms with van der Waals surface area (Å²) in [5.74, 6) is -0.867. The molecule has 5 nitrogen and oxygen atoms in total. The van der Waals surface area contributed by atoms with E-state index in [1.807, 2.05) is 6.92 Å². The van der Waals surface area contributed by atoms with Gasteiger partial charge >= 0.3 is 5.97 Å². The zero-order valence-corrected chi connectivity index (χ0v) is 11.6. The fourth-order valence-corrected chi connectivity index (χ4v) is 4.99. The van der Waals surface area contributed by atoms with Crippen molar-refractivity contribution in [1.29, 1.82) is 0 Å². The number of thiophene rings is 1. The lowest BCUT2D eigenvalue weighted by Crippen LogP contribution is -2.39. The Morgan fingerprint density at radius 2 is 2.28 bits per heavy atom. The summed E-state index contributed by atoms with van der Waals surface area (Å²) in [5.41, 5.74) is 0. The maximum absolute atomic E-state index is 12.4. The highest BCUT2D eigenvalue weighted by atomic mass is 32.2. The molecule has 1 fully saturated rings. The van der Waals surface area contributed by atoms with Gasteiger partial charge < -0.3 is 5.11 Å². The van der Waals surface area contributed by atoms with E-state index in [0.29, 0.717) is 19.0 Å². The molecule has 1 aromatic rings. The summed E-state index contributed by atoms with van der Waals surface area (Å²) in [6.45, 7) is 2.95. The fraction of sp³-hybridized carbons (Fsp3) is 0.545. The molecule has 1 N–H and O–H groups in total. The fourth-order valence-electron chi connectivity index (χ4n) is 2.16. The number of sulfonamides is 1. The predicted octanol–water partition coefficient (Wildman–Crippen LogP) is 1.87. The molecule has 1 atom stereocenters. The van der Waals surface area contributed by atoms with E-state index in [4.69, 9.17) is 5.11 Å². The number of aromatic carboxylic acids is 1. The molecule has 0 spiro atoms. The van der Waals surface area contributed by atoms with Gasteiger partial charge in [-0.05, 0) is 30.2 Å². The summed E-state index contributed by atoms with van der Waals surface area (Å²) in [7, 11) is -3.66. The van der Waals surface area contributed by atoms with Crippen molar-refractivity contribution in [2.24, 2.45) is 5.92 Å². The third-order valence-corrected chi connectivity index (χ3v) is 6.00. The van der Waals surface area contributed by atoms with E-state index in [1.54, 1.807) is 0 Å². The largest absolute Gasteiger partial charge is 0.477 e. The van der Waals surface area contributed by atoms with Gasteiger partial charge in [-0.2, -0.15) is 4.31 Å². The van der Waals surface area contributed by atoms with E-state index >= 15 is 0 Å². The van der Waals surface area contributed by atoms with Crippen molar-refractivity contribution in [2.45, 2.75) is 24.7 Å². The first kappa shape index (κ1) is 13.5. The number of nitrogens with zero attached hydrogens (tertiary/aromatic N) is 1. The maximum Gasteiger partial charge on any atom is 0.347 e. The van der Waals surface area contributed by atoms with Gasteiger partial charge in [0.25, 0.3) is 0 Å². The highest BCUT2D eigenvalue weighted by Crippen LogP contribution is 2.28. The van der Waals surface area contributed by atoms with Crippen LogP contribution in [0.3, 0.4) is 0 Å². The lowest BCUT2D eigenvalue weighted by atomic mass is 10.0. The van der Waals surface area contributed by atoms with Crippen LogP contribution in [0.15, 0.2) is 16.3 Å². The molecule has 2 rings (SSSR count). The molecule has 1 aliphatic rings. The third kappa shape index (κ3) is 2.43. The second-order valence-electron chi connectivity index (χ2n) is 4.53. The van der Waals surface area contributed by atoms with Crippen molar-refractivity contribution in [3.8, 4) is 0 Å². The zero-order chi connectivity index (χ0) is 13.3. The number of rotatable bonds is 3. The van der Waals surface area contributed by atoms with E-state index < -0.39 is 16.0 Å². The van der Waals surface area contributed by atoms with Crippen LogP contribution in [0.25, 0.3) is 0 Å². The molecule has 0 saturated carbocycles. The highest BCUT2D eigenvalue weighted by molar-refractivity contribution is 7.89. The lowest BCUT2D eigenvalue weighted by Gasteiger charge is -2.29. The first-order valence-corrected chi connectivity index (χ1v) is 8.06. The normalized spacial score (nSPS) is 21.9. The zero-order valence-electron chi connectivity index (χ0n) is 10.00. The summed E-state index contributed by atoms with van der Waals surface area (Å²) in [6, 6.07) is 1.38. The van der Waals surface area contributed by atoms with Crippen LogP contribution in [0.4, 0.5) is 0 Å². The first-order chi connectivity index (χ1) is 8.43. The molecule has 0 amide bonds. The minimum absolute atomic E-state index is 0.0749. The molecule has 0 radical (unpaired) electrons. The SMILES string of the molecule is C[C@H]1CCCN(S(=O)(=O)c2ccsc2C(=O)O)C1. The minimum atomic E-state index is -3.66. The summed E-state index contributed by atoms with van der Waals surface area (Å²) < 4.78 is 26.2. The minimum Gasteiger partial charge on any atom is -0.477 e. The molecule has 0 aromatic carbocycles. The average molecular weight is 289 g/mol. The lowest BCUT2D eigenvalue weighted by molar-refractivity contribution is 0.0698. The van der Waals surface area contributed by atoms with Gasteiger partial charge in [0, 0.05) is 13.1 Å². The Hall–Kier alpha value is -0.920. The molecule has 1 aromatic heterocycles. The average Bonchev–Trinajstić information content (AvgIpc) is 2.78. The molecule has 0 bridgehead atoms. The van der Waals surface area contributed by atoms with Gasteiger partial charge in [0.2, 0.25) is 10.0 Å². The second-order valence-corrected chi connectivity index (χ2v) is 7.35. The molecule has 0 aliphatic carbocycles. The van der Waals surface area contributed by atoms with Crippen LogP contribution in [0.2, 0.25) is 0 Å². The van der Waals surface area contributed by atoms with Crippen LogP contribution >= 0.6 is 11.3 Å². The van der Waals surface area contributed by atoms with Gasteiger partial charge in [-0.3, -0.25) is 0 Å². The quantitative estimate of drug-likeness (QED) is 0.921. The Morgan fingerprint density at radius 1 is 1.56 bits per heavy atom. The van der Waals surface area contributed by atoms with Crippen LogP contribution in [0, 0.1) is 5.92 Å². The van der Waals surface area contributed by atoms with Crippen molar-refractivity contribution in [1.82, 2.24) is 4.31 Å². The second kappa shape index (κ2) is 4.99. The molecule has 1 aliphatic heterocycles. The van der Waals surface area contributed by atoms with Crippen LogP contribution < -0.4 is 0 Å². The molecular weight excluding hydrogens is 274 g/mol. The Kier molecular flexibility index (Phi) is 3.74. The topological polar surface area (TPSA) is 74.7 Å². The van der Waals surface area contributed by atoms with Crippen molar-refractivity contribution in [3.05, 3.63) is 16.3 Å². The standard InChI is InChI=1S/C11H15NO4S2/c1-8-3-2-5-12(7-8)18(15,16)9-4-6-17-10(9)11(13)14/h4,6,8H,2-3,5,7H2,1H3,(H,13,14)/t8-/m0/s1. The Bertz CT molecular complexity index is 549. The number of hydrogen-bond acceptors (Lipinski definition) is 4. The predicted molar refractivity (Wildman–Crippen MR) is 68.4 cm³/mol. The van der Waals surface area contributed by atoms with Gasteiger partial charge in [-0.15, -0.1) is 11.3 Å². The summed E-state index contributed by atoms with van der Waals surface area (Å²) in [6.07, 6.45) is 1.84. The van der Waals surface area contributed by atoms with Gasteiger partial charge in [0.1, 0.15) is 9.77 Å². The van der Waals surface area contributed by atoms with Crippen LogP contribution in [0.1, 0.15) is 29.4 Å². The molecule has 1 saturated heterocycles. The smallest absolute Gasteiger partial charge is 0.347 e. The van der Waals surface area contributed by atoms with E-state index in [1.165, 1.54) is 15.8 Å². The Morgan fingerprint density at radius 3 is 2.89 bits per heavy atom. The van der Waals surface area contributed by atoms with Gasteiger partial charge in [-0.25, -0.2) is 13.2 Å². The van der Waals surface area contributed by atoms with Crippen LogP contribution in [-0.4, -0.2) is 36.9 Å². The van der Waals surface area contributed by atoms with E-state index in [9.17, 15) is 13.2 Å². The first-order valence-electron chi connectivity index (χ1n) is 5.74. The number of piperidine rings is 1. The molecular formula is C11H15NO4S2. The van der Waals surface area contributed by atoms with Gasteiger partial charge in [0.15, 0.2) is 0 Å². The number of hydrogen-bond donors (Lipinski definition) is 1. The highest BCUT2D eigenvalue weighted by Gasteiger charge is 2.32. The van der Waals surface area contributed by atoms with Gasteiger partial charge in [0.05, 0.1) is 0 Å².